The van der Waals surface area contributed by atoms with Gasteiger partial charge in [-0.05, 0) is 37.7 Å². The van der Waals surface area contributed by atoms with E-state index in [9.17, 15) is 8.78 Å². The van der Waals surface area contributed by atoms with Crippen LogP contribution in [0.5, 0.6) is 0 Å². The van der Waals surface area contributed by atoms with Crippen LogP contribution in [0.3, 0.4) is 0 Å². The summed E-state index contributed by atoms with van der Waals surface area (Å²) in [6.07, 6.45) is -1.77. The van der Waals surface area contributed by atoms with Crippen LogP contribution < -0.4 is 5.32 Å². The highest BCUT2D eigenvalue weighted by Gasteiger charge is 2.09. The first-order valence-electron chi connectivity index (χ1n) is 4.36. The molecule has 0 saturated carbocycles. The standard InChI is InChI=1S/C10H12ClF2N/c1-14-5-4-7-6-8(10(12)13)2-3-9(7)11/h2-3,6,10,14H,4-5H2,1H3. The van der Waals surface area contributed by atoms with E-state index in [1.807, 2.05) is 7.05 Å². The Balaban J connectivity index is 2.85. The van der Waals surface area contributed by atoms with E-state index in [0.717, 1.165) is 12.1 Å². The van der Waals surface area contributed by atoms with Crippen molar-refractivity contribution in [2.45, 2.75) is 12.8 Å². The summed E-state index contributed by atoms with van der Waals surface area (Å²) in [5.41, 5.74) is 0.791. The van der Waals surface area contributed by atoms with Gasteiger partial charge in [0.2, 0.25) is 0 Å². The molecule has 0 aliphatic carbocycles. The summed E-state index contributed by atoms with van der Waals surface area (Å²) in [6.45, 7) is 0.729. The van der Waals surface area contributed by atoms with E-state index >= 15 is 0 Å². The molecule has 0 bridgehead atoms. The molecule has 0 atom stereocenters. The maximum absolute atomic E-state index is 12.3. The van der Waals surface area contributed by atoms with Gasteiger partial charge in [0.15, 0.2) is 0 Å². The molecule has 0 aromatic heterocycles. The highest BCUT2D eigenvalue weighted by atomic mass is 35.5. The molecule has 0 aliphatic rings. The molecule has 1 aromatic rings. The third kappa shape index (κ3) is 2.93. The minimum absolute atomic E-state index is 0.0282. The summed E-state index contributed by atoms with van der Waals surface area (Å²) in [5.74, 6) is 0. The molecule has 4 heteroatoms. The minimum atomic E-state index is -2.43. The monoisotopic (exact) mass is 219 g/mol. The van der Waals surface area contributed by atoms with Gasteiger partial charge < -0.3 is 5.32 Å². The molecule has 0 saturated heterocycles. The molecule has 0 spiro atoms. The molecule has 78 valence electrons. The van der Waals surface area contributed by atoms with Crippen LogP contribution >= 0.6 is 11.6 Å². The maximum atomic E-state index is 12.3. The SMILES string of the molecule is CNCCc1cc(C(F)F)ccc1Cl. The van der Waals surface area contributed by atoms with Crippen LogP contribution in [0.2, 0.25) is 5.02 Å². The lowest BCUT2D eigenvalue weighted by Crippen LogP contribution is -2.10. The summed E-state index contributed by atoms with van der Waals surface area (Å²) in [6, 6.07) is 4.34. The smallest absolute Gasteiger partial charge is 0.263 e. The zero-order valence-electron chi connectivity index (χ0n) is 7.86. The highest BCUT2D eigenvalue weighted by molar-refractivity contribution is 6.31. The fourth-order valence-corrected chi connectivity index (χ4v) is 1.39. The summed E-state index contributed by atoms with van der Waals surface area (Å²) in [7, 11) is 1.81. The Morgan fingerprint density at radius 1 is 1.43 bits per heavy atom. The Morgan fingerprint density at radius 3 is 2.71 bits per heavy atom. The first kappa shape index (κ1) is 11.4. The van der Waals surface area contributed by atoms with Crippen LogP contribution in [0.25, 0.3) is 0 Å². The first-order chi connectivity index (χ1) is 6.65. The third-order valence-corrected chi connectivity index (χ3v) is 2.33. The van der Waals surface area contributed by atoms with Crippen molar-refractivity contribution in [1.82, 2.24) is 5.32 Å². The molecule has 1 aromatic carbocycles. The molecule has 1 rings (SSSR count). The predicted molar refractivity (Wildman–Crippen MR) is 54.0 cm³/mol. The molecule has 0 amide bonds. The van der Waals surface area contributed by atoms with E-state index < -0.39 is 6.43 Å². The summed E-state index contributed by atoms with van der Waals surface area (Å²) >= 11 is 5.86. The predicted octanol–water partition coefficient (Wildman–Crippen LogP) is 3.04. The minimum Gasteiger partial charge on any atom is -0.319 e. The summed E-state index contributed by atoms with van der Waals surface area (Å²) in [5, 5.41) is 3.49. The Hall–Kier alpha value is -0.670. The van der Waals surface area contributed by atoms with Gasteiger partial charge in [0.25, 0.3) is 6.43 Å². The quantitative estimate of drug-likeness (QED) is 0.821. The molecule has 0 radical (unpaired) electrons. The Bertz CT molecular complexity index is 302. The largest absolute Gasteiger partial charge is 0.319 e. The Labute approximate surface area is 87.1 Å². The normalized spacial score (nSPS) is 10.9. The number of halogens is 3. The van der Waals surface area contributed by atoms with Gasteiger partial charge in [0.05, 0.1) is 0 Å². The van der Waals surface area contributed by atoms with Gasteiger partial charge in [-0.1, -0.05) is 17.7 Å². The second-order valence-electron chi connectivity index (χ2n) is 3.01. The van der Waals surface area contributed by atoms with Gasteiger partial charge in [0, 0.05) is 10.6 Å². The molecule has 1 N–H and O–H groups in total. The van der Waals surface area contributed by atoms with Crippen LogP contribution in [0.4, 0.5) is 8.78 Å². The Morgan fingerprint density at radius 2 is 2.14 bits per heavy atom. The number of rotatable bonds is 4. The first-order valence-corrected chi connectivity index (χ1v) is 4.74. The van der Waals surface area contributed by atoms with Crippen molar-refractivity contribution in [3.63, 3.8) is 0 Å². The van der Waals surface area contributed by atoms with E-state index in [1.54, 1.807) is 0 Å². The molecule has 14 heavy (non-hydrogen) atoms. The summed E-state index contributed by atoms with van der Waals surface area (Å²) < 4.78 is 24.7. The van der Waals surface area contributed by atoms with Crippen molar-refractivity contribution in [2.24, 2.45) is 0 Å². The van der Waals surface area contributed by atoms with Crippen LogP contribution in [0.15, 0.2) is 18.2 Å². The molecule has 0 unspecified atom stereocenters. The van der Waals surface area contributed by atoms with Crippen molar-refractivity contribution < 1.29 is 8.78 Å². The fourth-order valence-electron chi connectivity index (χ4n) is 1.18. The molecular weight excluding hydrogens is 208 g/mol. The van der Waals surface area contributed by atoms with E-state index in [0.29, 0.717) is 11.4 Å². The van der Waals surface area contributed by atoms with Gasteiger partial charge in [-0.2, -0.15) is 0 Å². The molecule has 1 nitrogen and oxygen atoms in total. The van der Waals surface area contributed by atoms with Crippen molar-refractivity contribution in [1.29, 1.82) is 0 Å². The number of likely N-dealkylation sites (N-methyl/N-ethyl adjacent to an activating group) is 1. The third-order valence-electron chi connectivity index (χ3n) is 1.97. The van der Waals surface area contributed by atoms with Crippen LogP contribution in [-0.4, -0.2) is 13.6 Å². The van der Waals surface area contributed by atoms with Gasteiger partial charge in [0.1, 0.15) is 0 Å². The lowest BCUT2D eigenvalue weighted by Gasteiger charge is -2.06. The van der Waals surface area contributed by atoms with Gasteiger partial charge in [-0.3, -0.25) is 0 Å². The van der Waals surface area contributed by atoms with Crippen molar-refractivity contribution in [3.05, 3.63) is 34.3 Å². The van der Waals surface area contributed by atoms with Crippen LogP contribution in [0, 0.1) is 0 Å². The maximum Gasteiger partial charge on any atom is 0.263 e. The molecule has 0 aliphatic heterocycles. The fraction of sp³-hybridized carbons (Fsp3) is 0.400. The number of hydrogen-bond acceptors (Lipinski definition) is 1. The summed E-state index contributed by atoms with van der Waals surface area (Å²) in [4.78, 5) is 0. The van der Waals surface area contributed by atoms with Crippen molar-refractivity contribution >= 4 is 11.6 Å². The van der Waals surface area contributed by atoms with Crippen molar-refractivity contribution in [2.75, 3.05) is 13.6 Å². The van der Waals surface area contributed by atoms with Crippen LogP contribution in [-0.2, 0) is 6.42 Å². The number of benzene rings is 1. The van der Waals surface area contributed by atoms with Gasteiger partial charge >= 0.3 is 0 Å². The number of alkyl halides is 2. The van der Waals surface area contributed by atoms with Crippen LogP contribution in [0.1, 0.15) is 17.6 Å². The average molecular weight is 220 g/mol. The van der Waals surface area contributed by atoms with Gasteiger partial charge in [-0.25, -0.2) is 8.78 Å². The lowest BCUT2D eigenvalue weighted by molar-refractivity contribution is 0.151. The van der Waals surface area contributed by atoms with E-state index in [2.05, 4.69) is 5.32 Å². The zero-order chi connectivity index (χ0) is 10.6. The average Bonchev–Trinajstić information content (AvgIpc) is 2.16. The van der Waals surface area contributed by atoms with E-state index in [-0.39, 0.29) is 5.56 Å². The molecule has 0 heterocycles. The second-order valence-corrected chi connectivity index (χ2v) is 3.41. The number of hydrogen-bond donors (Lipinski definition) is 1. The molecule has 0 fully saturated rings. The topological polar surface area (TPSA) is 12.0 Å². The van der Waals surface area contributed by atoms with Crippen molar-refractivity contribution in [3.8, 4) is 0 Å². The molecular formula is C10H12ClF2N. The Kier molecular flexibility index (Phi) is 4.29. The van der Waals surface area contributed by atoms with E-state index in [4.69, 9.17) is 11.6 Å². The van der Waals surface area contributed by atoms with E-state index in [1.165, 1.54) is 18.2 Å². The highest BCUT2D eigenvalue weighted by Crippen LogP contribution is 2.24. The van der Waals surface area contributed by atoms with Gasteiger partial charge in [-0.15, -0.1) is 0 Å². The zero-order valence-corrected chi connectivity index (χ0v) is 8.61. The second kappa shape index (κ2) is 5.27. The number of nitrogens with one attached hydrogen (secondary N) is 1. The lowest BCUT2D eigenvalue weighted by atomic mass is 10.1.